The summed E-state index contributed by atoms with van der Waals surface area (Å²) in [6.07, 6.45) is 0.927. The highest BCUT2D eigenvalue weighted by Crippen LogP contribution is 2.04. The highest BCUT2D eigenvalue weighted by molar-refractivity contribution is 4.75. The Hall–Kier alpha value is -0.160. The first-order valence-corrected chi connectivity index (χ1v) is 4.38. The number of hydrogen-bond acceptors (Lipinski definition) is 4. The van der Waals surface area contributed by atoms with E-state index in [0.717, 1.165) is 26.1 Å². The van der Waals surface area contributed by atoms with Crippen LogP contribution in [0.4, 0.5) is 0 Å². The molecule has 0 radical (unpaired) electrons. The number of ether oxygens (including phenoxy) is 2. The van der Waals surface area contributed by atoms with Crippen molar-refractivity contribution >= 4 is 0 Å². The number of methoxy groups -OCH3 is 2. The molecule has 4 nitrogen and oxygen atoms in total. The molecule has 2 N–H and O–H groups in total. The molecule has 1 fully saturated rings. The standard InChI is InChI=1S/C8H18N2O2/c1-11-8(12-2)7-3-4-9-5-6-10-7/h7-10H,3-6H2,1-2H3. The molecule has 0 amide bonds. The van der Waals surface area contributed by atoms with Gasteiger partial charge in [-0.15, -0.1) is 0 Å². The molecule has 0 aliphatic carbocycles. The second kappa shape index (κ2) is 5.48. The van der Waals surface area contributed by atoms with Crippen LogP contribution in [0.1, 0.15) is 6.42 Å². The van der Waals surface area contributed by atoms with Crippen LogP contribution < -0.4 is 10.6 Å². The van der Waals surface area contributed by atoms with Crippen molar-refractivity contribution in [1.29, 1.82) is 0 Å². The highest BCUT2D eigenvalue weighted by Gasteiger charge is 2.20. The van der Waals surface area contributed by atoms with E-state index in [4.69, 9.17) is 9.47 Å². The zero-order chi connectivity index (χ0) is 8.81. The molecule has 0 spiro atoms. The van der Waals surface area contributed by atoms with Crippen molar-refractivity contribution in [2.45, 2.75) is 18.8 Å². The lowest BCUT2D eigenvalue weighted by Gasteiger charge is -2.23. The Kier molecular flexibility index (Phi) is 4.53. The number of nitrogens with one attached hydrogen (secondary N) is 2. The summed E-state index contributed by atoms with van der Waals surface area (Å²) in [6.45, 7) is 3.03. The van der Waals surface area contributed by atoms with Gasteiger partial charge in [0.15, 0.2) is 6.29 Å². The molecule has 0 aromatic rings. The maximum absolute atomic E-state index is 5.18. The van der Waals surface area contributed by atoms with Crippen molar-refractivity contribution < 1.29 is 9.47 Å². The van der Waals surface area contributed by atoms with Gasteiger partial charge in [-0.3, -0.25) is 0 Å². The van der Waals surface area contributed by atoms with Crippen LogP contribution in [0.25, 0.3) is 0 Å². The van der Waals surface area contributed by atoms with Crippen LogP contribution in [0, 0.1) is 0 Å². The average Bonchev–Trinajstić information content (AvgIpc) is 2.35. The van der Waals surface area contributed by atoms with Crippen LogP contribution in [0.2, 0.25) is 0 Å². The van der Waals surface area contributed by atoms with Gasteiger partial charge in [0.25, 0.3) is 0 Å². The number of rotatable bonds is 3. The van der Waals surface area contributed by atoms with Crippen molar-refractivity contribution in [3.63, 3.8) is 0 Å². The molecular formula is C8H18N2O2. The molecule has 0 aromatic heterocycles. The van der Waals surface area contributed by atoms with Gasteiger partial charge < -0.3 is 20.1 Å². The van der Waals surface area contributed by atoms with Crippen LogP contribution in [-0.4, -0.2) is 46.2 Å². The third-order valence-electron chi connectivity index (χ3n) is 2.13. The topological polar surface area (TPSA) is 42.5 Å². The first-order chi connectivity index (χ1) is 5.88. The molecule has 1 aliphatic rings. The Bertz CT molecular complexity index is 110. The van der Waals surface area contributed by atoms with E-state index in [-0.39, 0.29) is 6.29 Å². The van der Waals surface area contributed by atoms with Crippen LogP contribution in [-0.2, 0) is 9.47 Å². The summed E-state index contributed by atoms with van der Waals surface area (Å²) in [5, 5.41) is 6.68. The van der Waals surface area contributed by atoms with Gasteiger partial charge >= 0.3 is 0 Å². The maximum Gasteiger partial charge on any atom is 0.172 e. The molecule has 0 aromatic carbocycles. The van der Waals surface area contributed by atoms with Crippen molar-refractivity contribution in [3.8, 4) is 0 Å². The molecule has 1 atom stereocenters. The maximum atomic E-state index is 5.18. The molecule has 12 heavy (non-hydrogen) atoms. The van der Waals surface area contributed by atoms with Crippen molar-refractivity contribution in [3.05, 3.63) is 0 Å². The molecular weight excluding hydrogens is 156 g/mol. The minimum Gasteiger partial charge on any atom is -0.354 e. The van der Waals surface area contributed by atoms with Gasteiger partial charge in [-0.05, 0) is 13.0 Å². The quantitative estimate of drug-likeness (QED) is 0.569. The van der Waals surface area contributed by atoms with Gasteiger partial charge in [-0.25, -0.2) is 0 Å². The van der Waals surface area contributed by atoms with Crippen molar-refractivity contribution in [1.82, 2.24) is 10.6 Å². The van der Waals surface area contributed by atoms with E-state index in [0.29, 0.717) is 6.04 Å². The van der Waals surface area contributed by atoms with E-state index >= 15 is 0 Å². The summed E-state index contributed by atoms with van der Waals surface area (Å²) >= 11 is 0. The minimum absolute atomic E-state index is 0.120. The van der Waals surface area contributed by atoms with Gasteiger partial charge in [-0.1, -0.05) is 0 Å². The summed E-state index contributed by atoms with van der Waals surface area (Å²) in [7, 11) is 3.35. The predicted octanol–water partition coefficient (Wildman–Crippen LogP) is -0.443. The van der Waals surface area contributed by atoms with Gasteiger partial charge in [0, 0.05) is 27.3 Å². The van der Waals surface area contributed by atoms with Crippen LogP contribution in [0.3, 0.4) is 0 Å². The minimum atomic E-state index is -0.120. The largest absolute Gasteiger partial charge is 0.354 e. The second-order valence-corrected chi connectivity index (χ2v) is 2.94. The fourth-order valence-electron chi connectivity index (χ4n) is 1.49. The molecule has 1 saturated heterocycles. The lowest BCUT2D eigenvalue weighted by Crippen LogP contribution is -2.42. The molecule has 1 aliphatic heterocycles. The summed E-state index contributed by atoms with van der Waals surface area (Å²) in [5.41, 5.74) is 0. The summed E-state index contributed by atoms with van der Waals surface area (Å²) in [6, 6.07) is 0.315. The Balaban J connectivity index is 2.35. The molecule has 1 rings (SSSR count). The fourth-order valence-corrected chi connectivity index (χ4v) is 1.49. The monoisotopic (exact) mass is 174 g/mol. The molecule has 72 valence electrons. The summed E-state index contributed by atoms with van der Waals surface area (Å²) in [4.78, 5) is 0. The van der Waals surface area contributed by atoms with E-state index in [1.54, 1.807) is 14.2 Å². The summed E-state index contributed by atoms with van der Waals surface area (Å²) in [5.74, 6) is 0. The summed E-state index contributed by atoms with van der Waals surface area (Å²) < 4.78 is 10.4. The zero-order valence-corrected chi connectivity index (χ0v) is 7.80. The predicted molar refractivity (Wildman–Crippen MR) is 47.1 cm³/mol. The number of hydrogen-bond donors (Lipinski definition) is 2. The molecule has 4 heteroatoms. The Morgan fingerprint density at radius 2 is 1.92 bits per heavy atom. The van der Waals surface area contributed by atoms with E-state index < -0.39 is 0 Å². The first-order valence-electron chi connectivity index (χ1n) is 4.38. The van der Waals surface area contributed by atoms with Crippen LogP contribution in [0.5, 0.6) is 0 Å². The smallest absolute Gasteiger partial charge is 0.172 e. The first kappa shape index (κ1) is 9.92. The van der Waals surface area contributed by atoms with E-state index in [9.17, 15) is 0 Å². The van der Waals surface area contributed by atoms with Crippen LogP contribution in [0.15, 0.2) is 0 Å². The Morgan fingerprint density at radius 3 is 2.58 bits per heavy atom. The normalized spacial score (nSPS) is 25.8. The van der Waals surface area contributed by atoms with Gasteiger partial charge in [0.05, 0.1) is 6.04 Å². The average molecular weight is 174 g/mol. The van der Waals surface area contributed by atoms with Gasteiger partial charge in [0.2, 0.25) is 0 Å². The molecule has 1 heterocycles. The van der Waals surface area contributed by atoms with Gasteiger partial charge in [-0.2, -0.15) is 0 Å². The lowest BCUT2D eigenvalue weighted by molar-refractivity contribution is -0.122. The molecule has 1 unspecified atom stereocenters. The van der Waals surface area contributed by atoms with Gasteiger partial charge in [0.1, 0.15) is 0 Å². The Labute approximate surface area is 73.6 Å². The van der Waals surface area contributed by atoms with Crippen molar-refractivity contribution in [2.24, 2.45) is 0 Å². The second-order valence-electron chi connectivity index (χ2n) is 2.94. The van der Waals surface area contributed by atoms with E-state index in [2.05, 4.69) is 10.6 Å². The third-order valence-corrected chi connectivity index (χ3v) is 2.13. The van der Waals surface area contributed by atoms with E-state index in [1.807, 2.05) is 0 Å². The third kappa shape index (κ3) is 2.71. The Morgan fingerprint density at radius 1 is 1.17 bits per heavy atom. The van der Waals surface area contributed by atoms with E-state index in [1.165, 1.54) is 0 Å². The highest BCUT2D eigenvalue weighted by atomic mass is 16.7. The zero-order valence-electron chi connectivity index (χ0n) is 7.80. The fraction of sp³-hybridized carbons (Fsp3) is 1.00. The lowest BCUT2D eigenvalue weighted by atomic mass is 10.2. The molecule has 0 saturated carbocycles. The molecule has 0 bridgehead atoms. The van der Waals surface area contributed by atoms with Crippen molar-refractivity contribution in [2.75, 3.05) is 33.9 Å². The SMILES string of the molecule is COC(OC)C1CCNCCN1. The van der Waals surface area contributed by atoms with Crippen LogP contribution >= 0.6 is 0 Å².